The number of nitrogens with two attached hydrogens (primary N) is 1. The minimum atomic E-state index is -0.246. The van der Waals surface area contributed by atoms with Crippen LogP contribution < -0.4 is 5.73 Å². The van der Waals surface area contributed by atoms with Gasteiger partial charge in [-0.15, -0.1) is 0 Å². The lowest BCUT2D eigenvalue weighted by molar-refractivity contribution is 0.624. The van der Waals surface area contributed by atoms with Gasteiger partial charge in [0.05, 0.1) is 18.4 Å². The molecule has 0 bridgehead atoms. The van der Waals surface area contributed by atoms with Gasteiger partial charge < -0.3 is 5.73 Å². The van der Waals surface area contributed by atoms with Gasteiger partial charge in [-0.25, -0.2) is 4.39 Å². The van der Waals surface area contributed by atoms with Crippen LogP contribution in [0.2, 0.25) is 0 Å². The highest BCUT2D eigenvalue weighted by Crippen LogP contribution is 2.23. The van der Waals surface area contributed by atoms with E-state index in [0.29, 0.717) is 17.9 Å². The second-order valence-corrected chi connectivity index (χ2v) is 4.66. The van der Waals surface area contributed by atoms with Gasteiger partial charge in [0, 0.05) is 25.0 Å². The fourth-order valence-corrected chi connectivity index (χ4v) is 2.06. The first-order valence-electron chi connectivity index (χ1n) is 6.18. The molecule has 2 heterocycles. The topological polar surface area (TPSA) is 61.7 Å². The number of benzene rings is 1. The first-order chi connectivity index (χ1) is 9.61. The maximum atomic E-state index is 12.9. The molecule has 5 nitrogen and oxygen atoms in total. The smallest absolute Gasteiger partial charge is 0.123 e. The van der Waals surface area contributed by atoms with Crippen LogP contribution in [0.4, 0.5) is 10.1 Å². The maximum absolute atomic E-state index is 12.9. The minimum Gasteiger partial charge on any atom is -0.396 e. The first-order valence-corrected chi connectivity index (χ1v) is 6.18. The fraction of sp³-hybridized carbons (Fsp3) is 0.143. The predicted molar refractivity (Wildman–Crippen MR) is 74.3 cm³/mol. The molecule has 0 aliphatic heterocycles. The lowest BCUT2D eigenvalue weighted by Crippen LogP contribution is -2.00. The third-order valence-electron chi connectivity index (χ3n) is 3.03. The Morgan fingerprint density at radius 1 is 1.20 bits per heavy atom. The van der Waals surface area contributed by atoms with E-state index in [-0.39, 0.29) is 5.82 Å². The van der Waals surface area contributed by atoms with Crippen molar-refractivity contribution < 1.29 is 4.39 Å². The Morgan fingerprint density at radius 2 is 1.95 bits per heavy atom. The van der Waals surface area contributed by atoms with Crippen LogP contribution in [0.25, 0.3) is 11.3 Å². The summed E-state index contributed by atoms with van der Waals surface area (Å²) in [4.78, 5) is 0. The molecule has 3 rings (SSSR count). The zero-order valence-electron chi connectivity index (χ0n) is 11.0. The largest absolute Gasteiger partial charge is 0.396 e. The third-order valence-corrected chi connectivity index (χ3v) is 3.03. The molecule has 0 spiro atoms. The highest BCUT2D eigenvalue weighted by atomic mass is 19.1. The molecule has 0 saturated carbocycles. The quantitative estimate of drug-likeness (QED) is 0.793. The highest BCUT2D eigenvalue weighted by Gasteiger charge is 2.10. The summed E-state index contributed by atoms with van der Waals surface area (Å²) in [6.45, 7) is 0.546. The van der Waals surface area contributed by atoms with Crippen molar-refractivity contribution in [1.82, 2.24) is 19.6 Å². The molecule has 0 fully saturated rings. The Labute approximate surface area is 115 Å². The van der Waals surface area contributed by atoms with Gasteiger partial charge in [0.15, 0.2) is 0 Å². The zero-order chi connectivity index (χ0) is 14.1. The Kier molecular flexibility index (Phi) is 2.98. The van der Waals surface area contributed by atoms with Crippen molar-refractivity contribution in [3.05, 3.63) is 54.2 Å². The summed E-state index contributed by atoms with van der Waals surface area (Å²) >= 11 is 0. The number of anilines is 1. The molecule has 2 aromatic heterocycles. The van der Waals surface area contributed by atoms with Gasteiger partial charge in [0.2, 0.25) is 0 Å². The second kappa shape index (κ2) is 4.80. The molecule has 20 heavy (non-hydrogen) atoms. The molecule has 0 aliphatic carbocycles. The lowest BCUT2D eigenvalue weighted by Gasteiger charge is -2.01. The number of nitrogens with zero attached hydrogens (tertiary/aromatic N) is 4. The van der Waals surface area contributed by atoms with E-state index in [9.17, 15) is 4.39 Å². The maximum Gasteiger partial charge on any atom is 0.123 e. The molecule has 0 amide bonds. The molecule has 2 N–H and O–H groups in total. The molecule has 6 heteroatoms. The van der Waals surface area contributed by atoms with Crippen molar-refractivity contribution in [2.24, 2.45) is 7.05 Å². The first kappa shape index (κ1) is 12.4. The van der Waals surface area contributed by atoms with Crippen molar-refractivity contribution >= 4 is 5.69 Å². The third kappa shape index (κ3) is 2.40. The van der Waals surface area contributed by atoms with Crippen LogP contribution in [0.5, 0.6) is 0 Å². The normalized spacial score (nSPS) is 10.9. The Hall–Kier alpha value is -2.63. The van der Waals surface area contributed by atoms with Gasteiger partial charge in [-0.2, -0.15) is 10.2 Å². The number of nitrogen functional groups attached to an aromatic ring is 1. The highest BCUT2D eigenvalue weighted by molar-refractivity contribution is 5.70. The molecule has 0 saturated heterocycles. The Bertz CT molecular complexity index is 726. The van der Waals surface area contributed by atoms with E-state index in [4.69, 9.17) is 5.73 Å². The minimum absolute atomic E-state index is 0.246. The van der Waals surface area contributed by atoms with Gasteiger partial charge >= 0.3 is 0 Å². The lowest BCUT2D eigenvalue weighted by atomic mass is 10.2. The second-order valence-electron chi connectivity index (χ2n) is 4.66. The number of hydrogen-bond acceptors (Lipinski definition) is 3. The molecular weight excluding hydrogens is 257 g/mol. The van der Waals surface area contributed by atoms with Crippen molar-refractivity contribution in [3.63, 3.8) is 0 Å². The van der Waals surface area contributed by atoms with Crippen LogP contribution in [-0.2, 0) is 13.6 Å². The number of halogens is 1. The van der Waals surface area contributed by atoms with E-state index in [0.717, 1.165) is 11.1 Å². The molecule has 0 unspecified atom stereocenters. The molecule has 3 aromatic rings. The number of rotatable bonds is 3. The van der Waals surface area contributed by atoms with Crippen molar-refractivity contribution in [3.8, 4) is 11.3 Å². The van der Waals surface area contributed by atoms with Crippen LogP contribution >= 0.6 is 0 Å². The number of aromatic nitrogens is 4. The summed E-state index contributed by atoms with van der Waals surface area (Å²) in [5.41, 5.74) is 9.13. The SMILES string of the molecule is Cn1cc(-c2nn(Cc3ccc(F)cc3)cc2N)cn1. The monoisotopic (exact) mass is 271 g/mol. The zero-order valence-corrected chi connectivity index (χ0v) is 11.0. The van der Waals surface area contributed by atoms with E-state index in [1.807, 2.05) is 13.2 Å². The van der Waals surface area contributed by atoms with E-state index < -0.39 is 0 Å². The van der Waals surface area contributed by atoms with E-state index >= 15 is 0 Å². The Morgan fingerprint density at radius 3 is 2.60 bits per heavy atom. The van der Waals surface area contributed by atoms with Crippen LogP contribution in [0.1, 0.15) is 5.56 Å². The van der Waals surface area contributed by atoms with Gasteiger partial charge in [-0.1, -0.05) is 12.1 Å². The molecule has 0 atom stereocenters. The molecule has 0 radical (unpaired) electrons. The summed E-state index contributed by atoms with van der Waals surface area (Å²) in [5, 5.41) is 8.56. The standard InChI is InChI=1S/C14H14FN5/c1-19-8-11(6-17-19)14-13(16)9-20(18-14)7-10-2-4-12(15)5-3-10/h2-6,8-9H,7,16H2,1H3. The fourth-order valence-electron chi connectivity index (χ4n) is 2.06. The molecule has 102 valence electrons. The molecular formula is C14H14FN5. The van der Waals surface area contributed by atoms with E-state index in [1.54, 1.807) is 33.9 Å². The Balaban J connectivity index is 1.87. The van der Waals surface area contributed by atoms with Crippen LogP contribution in [0.3, 0.4) is 0 Å². The average molecular weight is 271 g/mol. The van der Waals surface area contributed by atoms with Crippen molar-refractivity contribution in [1.29, 1.82) is 0 Å². The predicted octanol–water partition coefficient (Wildman–Crippen LogP) is 2.05. The van der Waals surface area contributed by atoms with Gasteiger partial charge in [-0.3, -0.25) is 9.36 Å². The van der Waals surface area contributed by atoms with Crippen LogP contribution in [-0.4, -0.2) is 19.6 Å². The van der Waals surface area contributed by atoms with Crippen LogP contribution in [0.15, 0.2) is 42.9 Å². The number of aryl methyl sites for hydroxylation is 1. The molecule has 0 aliphatic rings. The summed E-state index contributed by atoms with van der Waals surface area (Å²) in [5.74, 6) is -0.246. The number of hydrogen-bond donors (Lipinski definition) is 1. The van der Waals surface area contributed by atoms with Gasteiger partial charge in [-0.05, 0) is 17.7 Å². The average Bonchev–Trinajstić information content (AvgIpc) is 2.98. The van der Waals surface area contributed by atoms with Gasteiger partial charge in [0.25, 0.3) is 0 Å². The summed E-state index contributed by atoms with van der Waals surface area (Å²) < 4.78 is 16.3. The summed E-state index contributed by atoms with van der Waals surface area (Å²) in [7, 11) is 1.84. The summed E-state index contributed by atoms with van der Waals surface area (Å²) in [6.07, 6.45) is 5.35. The van der Waals surface area contributed by atoms with E-state index in [2.05, 4.69) is 10.2 Å². The molecule has 1 aromatic carbocycles. The van der Waals surface area contributed by atoms with Crippen molar-refractivity contribution in [2.45, 2.75) is 6.54 Å². The van der Waals surface area contributed by atoms with Crippen molar-refractivity contribution in [2.75, 3.05) is 5.73 Å². The van der Waals surface area contributed by atoms with Gasteiger partial charge in [0.1, 0.15) is 11.5 Å². The summed E-state index contributed by atoms with van der Waals surface area (Å²) in [6, 6.07) is 6.34. The van der Waals surface area contributed by atoms with E-state index in [1.165, 1.54) is 12.1 Å². The van der Waals surface area contributed by atoms with Crippen LogP contribution in [0, 0.1) is 5.82 Å².